The van der Waals surface area contributed by atoms with Crippen LogP contribution >= 0.6 is 0 Å². The first-order valence-corrected chi connectivity index (χ1v) is 6.65. The van der Waals surface area contributed by atoms with Crippen molar-refractivity contribution >= 4 is 17.0 Å². The first-order chi connectivity index (χ1) is 10.1. The number of hydrogen-bond acceptors (Lipinski definition) is 5. The lowest BCUT2D eigenvalue weighted by Gasteiger charge is -2.06. The summed E-state index contributed by atoms with van der Waals surface area (Å²) in [5.41, 5.74) is 2.31. The highest BCUT2D eigenvalue weighted by atomic mass is 16.5. The summed E-state index contributed by atoms with van der Waals surface area (Å²) in [6.07, 6.45) is 4.09. The van der Waals surface area contributed by atoms with Gasteiger partial charge in [-0.3, -0.25) is 4.79 Å². The van der Waals surface area contributed by atoms with E-state index in [1.54, 1.807) is 25.4 Å². The molecule has 0 radical (unpaired) electrons. The number of nitrogens with one attached hydrogen (secondary N) is 2. The van der Waals surface area contributed by atoms with E-state index in [1.165, 1.54) is 0 Å². The minimum absolute atomic E-state index is 0.164. The molecule has 0 aliphatic heterocycles. The molecule has 0 aliphatic rings. The summed E-state index contributed by atoms with van der Waals surface area (Å²) in [6, 6.07) is 1.74. The Morgan fingerprint density at radius 3 is 3.05 bits per heavy atom. The van der Waals surface area contributed by atoms with Crippen molar-refractivity contribution in [3.63, 3.8) is 0 Å². The summed E-state index contributed by atoms with van der Waals surface area (Å²) >= 11 is 0. The van der Waals surface area contributed by atoms with Crippen LogP contribution in [0.3, 0.4) is 0 Å². The van der Waals surface area contributed by atoms with Crippen LogP contribution in [0.15, 0.2) is 23.0 Å². The van der Waals surface area contributed by atoms with Crippen LogP contribution in [0.2, 0.25) is 0 Å². The molecule has 108 valence electrons. The monoisotopic (exact) mass is 285 g/mol. The fourth-order valence-corrected chi connectivity index (χ4v) is 2.22. The maximum atomic E-state index is 12.4. The van der Waals surface area contributed by atoms with Gasteiger partial charge in [0.15, 0.2) is 0 Å². The van der Waals surface area contributed by atoms with Gasteiger partial charge in [-0.25, -0.2) is 9.97 Å². The van der Waals surface area contributed by atoms with Gasteiger partial charge in [0.1, 0.15) is 5.82 Å². The van der Waals surface area contributed by atoms with Crippen molar-refractivity contribution in [3.8, 4) is 0 Å². The van der Waals surface area contributed by atoms with Crippen LogP contribution in [0.4, 0.5) is 0 Å². The topological polar surface area (TPSA) is 96.7 Å². The summed E-state index contributed by atoms with van der Waals surface area (Å²) < 4.78 is 5.13. The Hall–Kier alpha value is -2.70. The largest absolute Gasteiger partial charge is 0.352 e. The van der Waals surface area contributed by atoms with Crippen molar-refractivity contribution in [2.24, 2.45) is 0 Å². The van der Waals surface area contributed by atoms with E-state index in [1.807, 2.05) is 6.92 Å². The summed E-state index contributed by atoms with van der Waals surface area (Å²) in [5.74, 6) is 0.677. The molecule has 21 heavy (non-hydrogen) atoms. The highest BCUT2D eigenvalue weighted by molar-refractivity contribution is 6.06. The number of carbonyl (C=O) groups excluding carboxylic acids is 1. The standard InChI is InChI=1S/C14H15N5O2/c1-8-7-10(12-9(2)19-21-14(12)18-8)13(20)17-4-3-11-15-5-6-16-11/h5-7H,3-4H2,1-2H3,(H,15,16)(H,17,20). The molecule has 0 bridgehead atoms. The number of nitrogens with zero attached hydrogens (tertiary/aromatic N) is 3. The molecule has 3 aromatic heterocycles. The van der Waals surface area contributed by atoms with E-state index in [9.17, 15) is 4.79 Å². The van der Waals surface area contributed by atoms with Gasteiger partial charge in [0.2, 0.25) is 0 Å². The molecule has 0 fully saturated rings. The van der Waals surface area contributed by atoms with Crippen molar-refractivity contribution in [2.75, 3.05) is 6.54 Å². The van der Waals surface area contributed by atoms with Gasteiger partial charge in [0.05, 0.1) is 16.6 Å². The summed E-state index contributed by atoms with van der Waals surface area (Å²) in [5, 5.41) is 7.41. The van der Waals surface area contributed by atoms with Gasteiger partial charge >= 0.3 is 0 Å². The number of aromatic nitrogens is 4. The van der Waals surface area contributed by atoms with Crippen molar-refractivity contribution in [3.05, 3.63) is 41.2 Å². The molecule has 0 saturated carbocycles. The molecule has 2 N–H and O–H groups in total. The highest BCUT2D eigenvalue weighted by Gasteiger charge is 2.17. The second-order valence-corrected chi connectivity index (χ2v) is 4.80. The average Bonchev–Trinajstić information content (AvgIpc) is 3.08. The van der Waals surface area contributed by atoms with Crippen molar-refractivity contribution < 1.29 is 9.32 Å². The van der Waals surface area contributed by atoms with E-state index in [4.69, 9.17) is 4.52 Å². The minimum atomic E-state index is -0.164. The third-order valence-electron chi connectivity index (χ3n) is 3.19. The average molecular weight is 285 g/mol. The Morgan fingerprint density at radius 1 is 1.43 bits per heavy atom. The van der Waals surface area contributed by atoms with Crippen LogP contribution in [0.25, 0.3) is 11.1 Å². The van der Waals surface area contributed by atoms with Gasteiger partial charge in [0.25, 0.3) is 11.6 Å². The Labute approximate surface area is 120 Å². The number of aryl methyl sites for hydroxylation is 2. The molecule has 0 aliphatic carbocycles. The molecule has 1 amide bonds. The second-order valence-electron chi connectivity index (χ2n) is 4.80. The molecular weight excluding hydrogens is 270 g/mol. The molecule has 7 heteroatoms. The minimum Gasteiger partial charge on any atom is -0.352 e. The van der Waals surface area contributed by atoms with E-state index < -0.39 is 0 Å². The second kappa shape index (κ2) is 5.35. The molecule has 0 aromatic carbocycles. The van der Waals surface area contributed by atoms with Crippen LogP contribution in [0.5, 0.6) is 0 Å². The Morgan fingerprint density at radius 2 is 2.29 bits per heavy atom. The third kappa shape index (κ3) is 2.62. The molecule has 7 nitrogen and oxygen atoms in total. The maximum absolute atomic E-state index is 12.4. The summed E-state index contributed by atoms with van der Waals surface area (Å²) in [7, 11) is 0. The predicted octanol–water partition coefficient (Wildman–Crippen LogP) is 1.54. The maximum Gasteiger partial charge on any atom is 0.258 e. The van der Waals surface area contributed by atoms with E-state index in [0.717, 1.165) is 11.5 Å². The van der Waals surface area contributed by atoms with Crippen molar-refractivity contribution in [1.82, 2.24) is 25.4 Å². The number of hydrogen-bond donors (Lipinski definition) is 2. The third-order valence-corrected chi connectivity index (χ3v) is 3.19. The summed E-state index contributed by atoms with van der Waals surface area (Å²) in [6.45, 7) is 4.11. The highest BCUT2D eigenvalue weighted by Crippen LogP contribution is 2.21. The number of H-pyrrole nitrogens is 1. The van der Waals surface area contributed by atoms with Crippen LogP contribution in [0.1, 0.15) is 27.6 Å². The lowest BCUT2D eigenvalue weighted by atomic mass is 10.1. The Kier molecular flexibility index (Phi) is 3.39. The predicted molar refractivity (Wildman–Crippen MR) is 75.9 cm³/mol. The zero-order chi connectivity index (χ0) is 14.8. The first kappa shape index (κ1) is 13.3. The van der Waals surface area contributed by atoms with Gasteiger partial charge in [-0.05, 0) is 19.9 Å². The van der Waals surface area contributed by atoms with Crippen LogP contribution in [0, 0.1) is 13.8 Å². The molecule has 3 aromatic rings. The molecule has 0 unspecified atom stereocenters. The van der Waals surface area contributed by atoms with Gasteiger partial charge in [-0.15, -0.1) is 0 Å². The van der Waals surface area contributed by atoms with Crippen molar-refractivity contribution in [1.29, 1.82) is 0 Å². The molecule has 0 atom stereocenters. The SMILES string of the molecule is Cc1cc(C(=O)NCCc2ncc[nH]2)c2c(C)noc2n1. The zero-order valence-electron chi connectivity index (χ0n) is 11.8. The quantitative estimate of drug-likeness (QED) is 0.757. The number of carbonyl (C=O) groups is 1. The number of rotatable bonds is 4. The van der Waals surface area contributed by atoms with E-state index in [-0.39, 0.29) is 5.91 Å². The van der Waals surface area contributed by atoms with Crippen molar-refractivity contribution in [2.45, 2.75) is 20.3 Å². The fraction of sp³-hybridized carbons (Fsp3) is 0.286. The number of aromatic amines is 1. The Balaban J connectivity index is 1.79. The van der Waals surface area contributed by atoms with Crippen LogP contribution in [-0.2, 0) is 6.42 Å². The van der Waals surface area contributed by atoms with Crippen LogP contribution in [-0.4, -0.2) is 32.6 Å². The zero-order valence-corrected chi connectivity index (χ0v) is 11.8. The Bertz CT molecular complexity index is 776. The van der Waals surface area contributed by atoms with E-state index in [2.05, 4.69) is 25.4 Å². The number of imidazole rings is 1. The van der Waals surface area contributed by atoms with Gasteiger partial charge < -0.3 is 14.8 Å². The molecule has 3 rings (SSSR count). The molecule has 3 heterocycles. The fourth-order valence-electron chi connectivity index (χ4n) is 2.22. The van der Waals surface area contributed by atoms with Gasteiger partial charge in [-0.1, -0.05) is 5.16 Å². The lowest BCUT2D eigenvalue weighted by molar-refractivity contribution is 0.0955. The molecule has 0 spiro atoms. The molecule has 0 saturated heterocycles. The van der Waals surface area contributed by atoms with Gasteiger partial charge in [0, 0.05) is 31.1 Å². The van der Waals surface area contributed by atoms with E-state index in [0.29, 0.717) is 35.3 Å². The number of pyridine rings is 1. The van der Waals surface area contributed by atoms with Crippen LogP contribution < -0.4 is 5.32 Å². The number of fused-ring (bicyclic) bond motifs is 1. The summed E-state index contributed by atoms with van der Waals surface area (Å²) in [4.78, 5) is 23.7. The van der Waals surface area contributed by atoms with Gasteiger partial charge in [-0.2, -0.15) is 0 Å². The van der Waals surface area contributed by atoms with E-state index >= 15 is 0 Å². The smallest absolute Gasteiger partial charge is 0.258 e. The number of amides is 1. The first-order valence-electron chi connectivity index (χ1n) is 6.65. The molecular formula is C14H15N5O2. The lowest BCUT2D eigenvalue weighted by Crippen LogP contribution is -2.26. The normalized spacial score (nSPS) is 11.0.